The van der Waals surface area contributed by atoms with E-state index in [1.54, 1.807) is 0 Å². The number of carboxylic acid groups (broad SMARTS) is 1. The van der Waals surface area contributed by atoms with Crippen LogP contribution in [0.1, 0.15) is 12.8 Å². The molecule has 0 bridgehead atoms. The molecule has 3 N–H and O–H groups in total. The SMILES string of the molecule is O=C(O)C1(O)CCC(OS(=O)(=O)O)CO1. The molecule has 9 heteroatoms. The summed E-state index contributed by atoms with van der Waals surface area (Å²) in [6.45, 7) is -0.428. The standard InChI is InChI=1S/C6H10O8S/c7-5(8)6(9)2-1-4(3-13-6)14-15(10,11)12/h4,9H,1-3H2,(H,7,8)(H,10,11,12). The third-order valence-electron chi connectivity index (χ3n) is 1.91. The fraction of sp³-hybridized carbons (Fsp3) is 0.833. The van der Waals surface area contributed by atoms with E-state index in [0.29, 0.717) is 0 Å². The molecule has 2 unspecified atom stereocenters. The maximum atomic E-state index is 10.5. The highest BCUT2D eigenvalue weighted by molar-refractivity contribution is 7.80. The Bertz CT molecular complexity index is 338. The van der Waals surface area contributed by atoms with E-state index in [-0.39, 0.29) is 12.8 Å². The smallest absolute Gasteiger partial charge is 0.397 e. The molecule has 15 heavy (non-hydrogen) atoms. The molecule has 1 saturated heterocycles. The van der Waals surface area contributed by atoms with Crippen LogP contribution >= 0.6 is 0 Å². The minimum atomic E-state index is -4.59. The van der Waals surface area contributed by atoms with Gasteiger partial charge in [-0.3, -0.25) is 4.55 Å². The lowest BCUT2D eigenvalue weighted by Gasteiger charge is -2.31. The van der Waals surface area contributed by atoms with Crippen LogP contribution in [0.3, 0.4) is 0 Å². The summed E-state index contributed by atoms with van der Waals surface area (Å²) in [6.07, 6.45) is -1.36. The molecule has 0 aromatic heterocycles. The van der Waals surface area contributed by atoms with Crippen molar-refractivity contribution in [3.05, 3.63) is 0 Å². The topological polar surface area (TPSA) is 130 Å². The van der Waals surface area contributed by atoms with Gasteiger partial charge in [-0.25, -0.2) is 8.98 Å². The number of carboxylic acids is 1. The molecule has 1 heterocycles. The van der Waals surface area contributed by atoms with E-state index < -0.39 is 34.9 Å². The van der Waals surface area contributed by atoms with E-state index >= 15 is 0 Å². The zero-order chi connectivity index (χ0) is 11.7. The first kappa shape index (κ1) is 12.3. The third kappa shape index (κ3) is 3.39. The summed E-state index contributed by atoms with van der Waals surface area (Å²) in [6, 6.07) is 0. The third-order valence-corrected chi connectivity index (χ3v) is 2.42. The fourth-order valence-corrected chi connectivity index (χ4v) is 1.66. The Morgan fingerprint density at radius 2 is 2.13 bits per heavy atom. The largest absolute Gasteiger partial charge is 0.477 e. The fourth-order valence-electron chi connectivity index (χ4n) is 1.16. The van der Waals surface area contributed by atoms with Crippen LogP contribution < -0.4 is 0 Å². The van der Waals surface area contributed by atoms with Gasteiger partial charge in [-0.15, -0.1) is 0 Å². The van der Waals surface area contributed by atoms with E-state index in [0.717, 1.165) is 0 Å². The van der Waals surface area contributed by atoms with Crippen LogP contribution in [0.2, 0.25) is 0 Å². The first-order chi connectivity index (χ1) is 6.73. The minimum absolute atomic E-state index is 0.0530. The zero-order valence-corrected chi connectivity index (χ0v) is 8.31. The number of aliphatic carboxylic acids is 1. The van der Waals surface area contributed by atoms with Crippen molar-refractivity contribution in [1.29, 1.82) is 0 Å². The van der Waals surface area contributed by atoms with E-state index in [1.165, 1.54) is 0 Å². The van der Waals surface area contributed by atoms with Crippen molar-refractivity contribution >= 4 is 16.4 Å². The second kappa shape index (κ2) is 4.02. The van der Waals surface area contributed by atoms with Gasteiger partial charge < -0.3 is 14.9 Å². The summed E-state index contributed by atoms with van der Waals surface area (Å²) < 4.78 is 37.6. The molecule has 1 aliphatic heterocycles. The summed E-state index contributed by atoms with van der Waals surface area (Å²) in [5.74, 6) is -3.85. The first-order valence-electron chi connectivity index (χ1n) is 3.98. The normalized spacial score (nSPS) is 32.5. The second-order valence-electron chi connectivity index (χ2n) is 3.09. The van der Waals surface area contributed by atoms with E-state index in [2.05, 4.69) is 8.92 Å². The van der Waals surface area contributed by atoms with Crippen LogP contribution in [-0.4, -0.2) is 47.7 Å². The van der Waals surface area contributed by atoms with Crippen molar-refractivity contribution in [2.45, 2.75) is 24.7 Å². The van der Waals surface area contributed by atoms with Crippen LogP contribution in [0, 0.1) is 0 Å². The van der Waals surface area contributed by atoms with Gasteiger partial charge in [0.15, 0.2) is 0 Å². The Morgan fingerprint density at radius 1 is 1.53 bits per heavy atom. The molecule has 1 rings (SSSR count). The summed E-state index contributed by atoms with van der Waals surface area (Å²) in [7, 11) is -4.59. The number of ether oxygens (including phenoxy) is 1. The van der Waals surface area contributed by atoms with Crippen LogP contribution in [0.25, 0.3) is 0 Å². The van der Waals surface area contributed by atoms with Crippen LogP contribution in [0.4, 0.5) is 0 Å². The van der Waals surface area contributed by atoms with E-state index in [4.69, 9.17) is 9.66 Å². The Kier molecular flexibility index (Phi) is 3.31. The lowest BCUT2D eigenvalue weighted by Crippen LogP contribution is -2.48. The Hall–Kier alpha value is -0.740. The average Bonchev–Trinajstić information content (AvgIpc) is 2.07. The molecule has 1 aliphatic rings. The molecule has 88 valence electrons. The number of rotatable bonds is 3. The summed E-state index contributed by atoms with van der Waals surface area (Å²) in [5.41, 5.74) is 0. The molecule has 8 nitrogen and oxygen atoms in total. The lowest BCUT2D eigenvalue weighted by molar-refractivity contribution is -0.246. The summed E-state index contributed by atoms with van der Waals surface area (Å²) in [5, 5.41) is 17.8. The number of hydrogen-bond acceptors (Lipinski definition) is 6. The predicted molar refractivity (Wildman–Crippen MR) is 44.2 cm³/mol. The molecule has 0 aromatic carbocycles. The highest BCUT2D eigenvalue weighted by Gasteiger charge is 2.42. The molecule has 2 atom stereocenters. The Balaban J connectivity index is 2.53. The van der Waals surface area contributed by atoms with Gasteiger partial charge in [-0.1, -0.05) is 0 Å². The second-order valence-corrected chi connectivity index (χ2v) is 4.13. The molecule has 0 aliphatic carbocycles. The van der Waals surface area contributed by atoms with Gasteiger partial charge in [0.25, 0.3) is 5.79 Å². The molecule has 0 radical (unpaired) electrons. The minimum Gasteiger partial charge on any atom is -0.477 e. The molecule has 0 aromatic rings. The van der Waals surface area contributed by atoms with Gasteiger partial charge in [0, 0.05) is 6.42 Å². The van der Waals surface area contributed by atoms with Gasteiger partial charge in [0.2, 0.25) is 0 Å². The molecule has 0 spiro atoms. The highest BCUT2D eigenvalue weighted by atomic mass is 32.3. The molecule has 0 amide bonds. The average molecular weight is 242 g/mol. The first-order valence-corrected chi connectivity index (χ1v) is 5.35. The summed E-state index contributed by atoms with van der Waals surface area (Å²) in [4.78, 5) is 10.5. The molecule has 1 fully saturated rings. The Morgan fingerprint density at radius 3 is 2.47 bits per heavy atom. The van der Waals surface area contributed by atoms with Crippen molar-refractivity contribution in [2.24, 2.45) is 0 Å². The maximum Gasteiger partial charge on any atom is 0.397 e. The molecular formula is C6H10O8S. The monoisotopic (exact) mass is 242 g/mol. The maximum absolute atomic E-state index is 10.5. The van der Waals surface area contributed by atoms with Crippen molar-refractivity contribution < 1.29 is 36.9 Å². The van der Waals surface area contributed by atoms with Crippen LogP contribution in [0.15, 0.2) is 0 Å². The number of hydrogen-bond donors (Lipinski definition) is 3. The Labute approximate surface area is 85.4 Å². The van der Waals surface area contributed by atoms with Crippen molar-refractivity contribution in [1.82, 2.24) is 0 Å². The van der Waals surface area contributed by atoms with E-state index in [9.17, 15) is 18.3 Å². The van der Waals surface area contributed by atoms with Gasteiger partial charge in [-0.2, -0.15) is 8.42 Å². The van der Waals surface area contributed by atoms with E-state index in [1.807, 2.05) is 0 Å². The summed E-state index contributed by atoms with van der Waals surface area (Å²) >= 11 is 0. The van der Waals surface area contributed by atoms with Gasteiger partial charge >= 0.3 is 16.4 Å². The molecule has 0 saturated carbocycles. The number of carbonyl (C=O) groups is 1. The number of aliphatic hydroxyl groups is 1. The molecular weight excluding hydrogens is 232 g/mol. The van der Waals surface area contributed by atoms with Crippen LogP contribution in [-0.2, 0) is 24.1 Å². The van der Waals surface area contributed by atoms with Crippen molar-refractivity contribution in [3.8, 4) is 0 Å². The van der Waals surface area contributed by atoms with Crippen molar-refractivity contribution in [2.75, 3.05) is 6.61 Å². The van der Waals surface area contributed by atoms with Crippen molar-refractivity contribution in [3.63, 3.8) is 0 Å². The van der Waals surface area contributed by atoms with Crippen LogP contribution in [0.5, 0.6) is 0 Å². The quantitative estimate of drug-likeness (QED) is 0.524. The highest BCUT2D eigenvalue weighted by Crippen LogP contribution is 2.24. The zero-order valence-electron chi connectivity index (χ0n) is 7.49. The van der Waals surface area contributed by atoms with Gasteiger partial charge in [-0.05, 0) is 6.42 Å². The van der Waals surface area contributed by atoms with Gasteiger partial charge in [0.05, 0.1) is 6.61 Å². The predicted octanol–water partition coefficient (Wildman–Crippen LogP) is -1.24. The van der Waals surface area contributed by atoms with Gasteiger partial charge in [0.1, 0.15) is 6.10 Å². The lowest BCUT2D eigenvalue weighted by atomic mass is 10.0.